The first-order valence-electron chi connectivity index (χ1n) is 13.4. The van der Waals surface area contributed by atoms with E-state index in [1.807, 2.05) is 13.1 Å². The molecule has 1 atom stereocenters. The van der Waals surface area contributed by atoms with Crippen LogP contribution in [0.1, 0.15) is 89.8 Å². The molecule has 2 saturated carbocycles. The zero-order valence-corrected chi connectivity index (χ0v) is 22.1. The van der Waals surface area contributed by atoms with E-state index in [-0.39, 0.29) is 29.8 Å². The summed E-state index contributed by atoms with van der Waals surface area (Å²) in [4.78, 5) is 15.0. The number of amides is 1. The highest BCUT2D eigenvalue weighted by molar-refractivity contribution is 6.10. The number of aryl methyl sites for hydroxylation is 1. The quantitative estimate of drug-likeness (QED) is 0.438. The van der Waals surface area contributed by atoms with Gasteiger partial charge in [0.15, 0.2) is 0 Å². The Bertz CT molecular complexity index is 1420. The fraction of sp³-hybridized carbons (Fsp3) is 0.483. The number of halogens is 3. The van der Waals surface area contributed by atoms with Gasteiger partial charge in [0, 0.05) is 30.4 Å². The fourth-order valence-corrected chi connectivity index (χ4v) is 6.18. The van der Waals surface area contributed by atoms with Crippen LogP contribution in [-0.4, -0.2) is 36.9 Å². The van der Waals surface area contributed by atoms with Crippen LogP contribution in [0.15, 0.2) is 42.7 Å². The molecule has 3 aliphatic rings. The van der Waals surface area contributed by atoms with E-state index in [0.29, 0.717) is 29.9 Å². The first-order chi connectivity index (χ1) is 18.5. The number of benzene rings is 2. The average Bonchev–Trinajstić information content (AvgIpc) is 3.42. The summed E-state index contributed by atoms with van der Waals surface area (Å²) in [5.74, 6) is -0.334. The summed E-state index contributed by atoms with van der Waals surface area (Å²) in [6, 6.07) is 9.92. The summed E-state index contributed by atoms with van der Waals surface area (Å²) >= 11 is 0. The van der Waals surface area contributed by atoms with Crippen LogP contribution in [0, 0.1) is 0 Å². The van der Waals surface area contributed by atoms with E-state index in [9.17, 15) is 23.1 Å². The van der Waals surface area contributed by atoms with Crippen molar-refractivity contribution in [2.45, 2.75) is 81.8 Å². The molecule has 0 unspecified atom stereocenters. The standard InChI is InChI=1S/C29H32F3N5O2/c1-27(8-4-9-27)33-15-18-12-21-22(23(13-18)29(30,31)32)16-37(26(21)38)20-7-3-6-19(14-20)24(28(39)10-5-11-28)25-35-34-17-36(25)2/h3,6-7,12-14,17,24,33,39H,4-5,8-11,15-16H2,1-2H3/t24-/m1/s1. The van der Waals surface area contributed by atoms with Gasteiger partial charge >= 0.3 is 6.18 Å². The van der Waals surface area contributed by atoms with Gasteiger partial charge in [0.05, 0.1) is 23.6 Å². The highest BCUT2D eigenvalue weighted by atomic mass is 19.4. The Morgan fingerprint density at radius 1 is 1.13 bits per heavy atom. The Balaban J connectivity index is 1.34. The second-order valence-electron chi connectivity index (χ2n) is 11.6. The first-order valence-corrected chi connectivity index (χ1v) is 13.4. The van der Waals surface area contributed by atoms with Gasteiger partial charge in [-0.2, -0.15) is 13.2 Å². The number of anilines is 1. The van der Waals surface area contributed by atoms with Crippen LogP contribution in [0.2, 0.25) is 0 Å². The molecule has 39 heavy (non-hydrogen) atoms. The SMILES string of the molecule is Cn1cnnc1[C@@H](c1cccc(N2Cc3c(cc(CNC4(C)CCC4)cc3C(F)(F)F)C2=O)c1)C1(O)CCC1. The molecule has 1 aliphatic heterocycles. The molecule has 7 nitrogen and oxygen atoms in total. The van der Waals surface area contributed by atoms with Crippen molar-refractivity contribution in [3.8, 4) is 0 Å². The zero-order valence-electron chi connectivity index (χ0n) is 22.1. The lowest BCUT2D eigenvalue weighted by atomic mass is 9.68. The van der Waals surface area contributed by atoms with E-state index < -0.39 is 29.2 Å². The highest BCUT2D eigenvalue weighted by Gasteiger charge is 2.46. The van der Waals surface area contributed by atoms with Crippen molar-refractivity contribution in [1.82, 2.24) is 20.1 Å². The summed E-state index contributed by atoms with van der Waals surface area (Å²) in [6.45, 7) is 2.17. The number of carbonyl (C=O) groups excluding carboxylic acids is 1. The molecule has 2 fully saturated rings. The Hall–Kier alpha value is -3.24. The highest BCUT2D eigenvalue weighted by Crippen LogP contribution is 2.47. The molecule has 2 aromatic carbocycles. The molecule has 1 aromatic heterocycles. The minimum atomic E-state index is -4.58. The maximum atomic E-state index is 14.2. The number of nitrogens with zero attached hydrogens (tertiary/aromatic N) is 4. The van der Waals surface area contributed by atoms with E-state index >= 15 is 0 Å². The van der Waals surface area contributed by atoms with E-state index in [1.165, 1.54) is 11.0 Å². The molecule has 10 heteroatoms. The average molecular weight is 540 g/mol. The van der Waals surface area contributed by atoms with Crippen molar-refractivity contribution in [1.29, 1.82) is 0 Å². The molecule has 1 amide bonds. The monoisotopic (exact) mass is 539 g/mol. The summed E-state index contributed by atoms with van der Waals surface area (Å²) in [6.07, 6.45) is 2.16. The van der Waals surface area contributed by atoms with E-state index in [4.69, 9.17) is 0 Å². The van der Waals surface area contributed by atoms with Gasteiger partial charge in [0.25, 0.3) is 5.91 Å². The lowest BCUT2D eigenvalue weighted by molar-refractivity contribution is -0.138. The smallest absolute Gasteiger partial charge is 0.389 e. The van der Waals surface area contributed by atoms with Crippen molar-refractivity contribution >= 4 is 11.6 Å². The molecule has 206 valence electrons. The molecule has 3 aromatic rings. The number of carbonyl (C=O) groups is 1. The summed E-state index contributed by atoms with van der Waals surface area (Å²) < 4.78 is 44.3. The molecule has 2 N–H and O–H groups in total. The summed E-state index contributed by atoms with van der Waals surface area (Å²) in [5.41, 5.74) is -0.0663. The third-order valence-corrected chi connectivity index (χ3v) is 8.86. The molecule has 0 bridgehead atoms. The van der Waals surface area contributed by atoms with Crippen molar-refractivity contribution in [2.75, 3.05) is 4.90 Å². The topological polar surface area (TPSA) is 83.3 Å². The van der Waals surface area contributed by atoms with Crippen molar-refractivity contribution in [3.63, 3.8) is 0 Å². The van der Waals surface area contributed by atoms with Crippen molar-refractivity contribution in [3.05, 3.63) is 76.4 Å². The van der Waals surface area contributed by atoms with Crippen LogP contribution in [0.3, 0.4) is 0 Å². The Kier molecular flexibility index (Phi) is 6.11. The Morgan fingerprint density at radius 3 is 2.46 bits per heavy atom. The first kappa shape index (κ1) is 26.0. The van der Waals surface area contributed by atoms with Gasteiger partial charge in [-0.25, -0.2) is 0 Å². The molecule has 0 spiro atoms. The number of aromatic nitrogens is 3. The third kappa shape index (κ3) is 4.53. The van der Waals surface area contributed by atoms with Crippen molar-refractivity contribution in [2.24, 2.45) is 7.05 Å². The van der Waals surface area contributed by atoms with Crippen LogP contribution in [0.25, 0.3) is 0 Å². The maximum Gasteiger partial charge on any atom is 0.416 e. The Labute approximate surface area is 225 Å². The summed E-state index contributed by atoms with van der Waals surface area (Å²) in [5, 5.41) is 23.0. The number of hydrogen-bond donors (Lipinski definition) is 2. The third-order valence-electron chi connectivity index (χ3n) is 8.86. The molecule has 0 saturated heterocycles. The minimum absolute atomic E-state index is 0.000943. The second-order valence-corrected chi connectivity index (χ2v) is 11.6. The number of rotatable bonds is 7. The number of hydrogen-bond acceptors (Lipinski definition) is 5. The minimum Gasteiger partial charge on any atom is -0.389 e. The number of nitrogens with one attached hydrogen (secondary N) is 1. The maximum absolute atomic E-state index is 14.2. The normalized spacial score (nSPS) is 20.4. The van der Waals surface area contributed by atoms with Crippen LogP contribution in [-0.2, 0) is 26.3 Å². The Morgan fingerprint density at radius 2 is 1.87 bits per heavy atom. The van der Waals surface area contributed by atoms with Crippen LogP contribution in [0.5, 0.6) is 0 Å². The fourth-order valence-electron chi connectivity index (χ4n) is 6.18. The van der Waals surface area contributed by atoms with Crippen LogP contribution in [0.4, 0.5) is 18.9 Å². The van der Waals surface area contributed by atoms with Crippen molar-refractivity contribution < 1.29 is 23.1 Å². The van der Waals surface area contributed by atoms with Gasteiger partial charge in [0.2, 0.25) is 0 Å². The largest absolute Gasteiger partial charge is 0.416 e. The second kappa shape index (κ2) is 9.16. The van der Waals surface area contributed by atoms with Crippen LogP contribution >= 0.6 is 0 Å². The van der Waals surface area contributed by atoms with Gasteiger partial charge in [-0.3, -0.25) is 4.79 Å². The van der Waals surface area contributed by atoms with Gasteiger partial charge < -0.3 is 19.9 Å². The van der Waals surface area contributed by atoms with E-state index in [1.54, 1.807) is 35.2 Å². The predicted molar refractivity (Wildman–Crippen MR) is 139 cm³/mol. The molecule has 6 rings (SSSR count). The molecular weight excluding hydrogens is 507 g/mol. The molecule has 2 aliphatic carbocycles. The molecular formula is C29H32F3N5O2. The summed E-state index contributed by atoms with van der Waals surface area (Å²) in [7, 11) is 1.81. The lowest BCUT2D eigenvalue weighted by Crippen LogP contribution is -2.47. The van der Waals surface area contributed by atoms with Gasteiger partial charge in [-0.05, 0) is 86.4 Å². The molecule has 0 radical (unpaired) electrons. The van der Waals surface area contributed by atoms with Crippen LogP contribution < -0.4 is 10.2 Å². The zero-order chi connectivity index (χ0) is 27.6. The van der Waals surface area contributed by atoms with E-state index in [0.717, 1.165) is 31.2 Å². The number of fused-ring (bicyclic) bond motifs is 1. The van der Waals surface area contributed by atoms with Gasteiger partial charge in [-0.15, -0.1) is 10.2 Å². The number of aliphatic hydroxyl groups is 1. The van der Waals surface area contributed by atoms with Gasteiger partial charge in [0.1, 0.15) is 12.2 Å². The predicted octanol–water partition coefficient (Wildman–Crippen LogP) is 5.07. The number of alkyl halides is 3. The lowest BCUT2D eigenvalue weighted by Gasteiger charge is -2.43. The molecule has 2 heterocycles. The van der Waals surface area contributed by atoms with Gasteiger partial charge in [-0.1, -0.05) is 12.1 Å². The van der Waals surface area contributed by atoms with E-state index in [2.05, 4.69) is 22.4 Å².